The number of aromatic nitrogens is 1. The van der Waals surface area contributed by atoms with E-state index in [2.05, 4.69) is 15.6 Å². The lowest BCUT2D eigenvalue weighted by Crippen LogP contribution is -2.30. The first-order valence-electron chi connectivity index (χ1n) is 6.19. The summed E-state index contributed by atoms with van der Waals surface area (Å²) in [4.78, 5) is 27.3. The smallest absolute Gasteiger partial charge is 0.321 e. The second kappa shape index (κ2) is 6.81. The molecular formula is C14H15N3O2S. The largest absolute Gasteiger partial charge is 0.337 e. The number of hydrogen-bond acceptors (Lipinski definition) is 4. The summed E-state index contributed by atoms with van der Waals surface area (Å²) in [5, 5.41) is 7.53. The Balaban J connectivity index is 1.74. The molecule has 2 amide bonds. The van der Waals surface area contributed by atoms with Gasteiger partial charge in [-0.2, -0.15) is 0 Å². The van der Waals surface area contributed by atoms with Gasteiger partial charge in [-0.1, -0.05) is 29.8 Å². The Kier molecular flexibility index (Phi) is 4.84. The van der Waals surface area contributed by atoms with Crippen molar-refractivity contribution in [2.75, 3.05) is 11.9 Å². The van der Waals surface area contributed by atoms with Gasteiger partial charge in [0.05, 0.1) is 0 Å². The van der Waals surface area contributed by atoms with Gasteiger partial charge >= 0.3 is 6.03 Å². The Morgan fingerprint density at radius 1 is 1.25 bits per heavy atom. The molecule has 0 bridgehead atoms. The van der Waals surface area contributed by atoms with Crippen LogP contribution in [-0.2, 0) is 0 Å². The van der Waals surface area contributed by atoms with Gasteiger partial charge in [0.1, 0.15) is 0 Å². The van der Waals surface area contributed by atoms with Crippen molar-refractivity contribution >= 4 is 28.3 Å². The lowest BCUT2D eigenvalue weighted by molar-refractivity contribution is 0.0984. The topological polar surface area (TPSA) is 71.1 Å². The van der Waals surface area contributed by atoms with E-state index in [1.807, 2.05) is 19.1 Å². The number of anilines is 1. The van der Waals surface area contributed by atoms with Gasteiger partial charge in [-0.15, -0.1) is 11.3 Å². The number of thiazole rings is 1. The fourth-order valence-electron chi connectivity index (χ4n) is 1.60. The quantitative estimate of drug-likeness (QED) is 0.831. The fraction of sp³-hybridized carbons (Fsp3) is 0.214. The lowest BCUT2D eigenvalue weighted by Gasteiger charge is -2.05. The normalized spacial score (nSPS) is 10.1. The summed E-state index contributed by atoms with van der Waals surface area (Å²) in [6, 6.07) is 7.04. The summed E-state index contributed by atoms with van der Waals surface area (Å²) in [6.45, 7) is 2.27. The number of nitrogens with zero attached hydrogens (tertiary/aromatic N) is 1. The summed E-state index contributed by atoms with van der Waals surface area (Å²) in [6.07, 6.45) is 1.88. The summed E-state index contributed by atoms with van der Waals surface area (Å²) in [7, 11) is 0. The molecule has 104 valence electrons. The molecule has 0 aliphatic heterocycles. The second-order valence-corrected chi connectivity index (χ2v) is 5.15. The maximum Gasteiger partial charge on any atom is 0.321 e. The molecule has 1 aromatic heterocycles. The van der Waals surface area contributed by atoms with Gasteiger partial charge in [-0.25, -0.2) is 9.78 Å². The van der Waals surface area contributed by atoms with Crippen LogP contribution in [0.5, 0.6) is 0 Å². The predicted octanol–water partition coefficient (Wildman–Crippen LogP) is 2.85. The molecule has 2 rings (SSSR count). The standard InChI is InChI=1S/C14H15N3O2S/c1-10-2-4-11(5-3-10)12(18)6-7-15-13(19)17-14-16-8-9-20-14/h2-5,8-9H,6-7H2,1H3,(H2,15,16,17,19). The molecule has 0 aliphatic rings. The molecule has 1 heterocycles. The van der Waals surface area contributed by atoms with E-state index < -0.39 is 0 Å². The second-order valence-electron chi connectivity index (χ2n) is 4.26. The van der Waals surface area contributed by atoms with Crippen LogP contribution in [0.1, 0.15) is 22.3 Å². The molecule has 0 saturated heterocycles. The summed E-state index contributed by atoms with van der Waals surface area (Å²) >= 11 is 1.34. The van der Waals surface area contributed by atoms with Crippen molar-refractivity contribution in [1.82, 2.24) is 10.3 Å². The molecule has 0 radical (unpaired) electrons. The number of hydrogen-bond donors (Lipinski definition) is 2. The molecule has 2 N–H and O–H groups in total. The minimum atomic E-state index is -0.350. The maximum absolute atomic E-state index is 11.9. The first-order valence-corrected chi connectivity index (χ1v) is 7.07. The number of carbonyl (C=O) groups is 2. The highest BCUT2D eigenvalue weighted by atomic mass is 32.1. The van der Waals surface area contributed by atoms with Crippen LogP contribution in [-0.4, -0.2) is 23.3 Å². The minimum Gasteiger partial charge on any atom is -0.337 e. The van der Waals surface area contributed by atoms with Gasteiger partial charge in [0, 0.05) is 30.1 Å². The van der Waals surface area contributed by atoms with Gasteiger partial charge in [0.2, 0.25) is 0 Å². The van der Waals surface area contributed by atoms with E-state index in [4.69, 9.17) is 0 Å². The highest BCUT2D eigenvalue weighted by Gasteiger charge is 2.07. The van der Waals surface area contributed by atoms with Crippen LogP contribution in [0.3, 0.4) is 0 Å². The Morgan fingerprint density at radius 2 is 2.00 bits per heavy atom. The molecule has 20 heavy (non-hydrogen) atoms. The first-order chi connectivity index (χ1) is 9.65. The van der Waals surface area contributed by atoms with E-state index in [1.54, 1.807) is 23.7 Å². The summed E-state index contributed by atoms with van der Waals surface area (Å²) in [5.41, 5.74) is 1.78. The van der Waals surface area contributed by atoms with Gasteiger partial charge < -0.3 is 5.32 Å². The van der Waals surface area contributed by atoms with Crippen LogP contribution in [0.25, 0.3) is 0 Å². The van der Waals surface area contributed by atoms with Gasteiger partial charge in [-0.3, -0.25) is 10.1 Å². The third kappa shape index (κ3) is 4.17. The Labute approximate surface area is 121 Å². The zero-order chi connectivity index (χ0) is 14.4. The molecule has 5 nitrogen and oxygen atoms in total. The van der Waals surface area contributed by atoms with Crippen LogP contribution < -0.4 is 10.6 Å². The molecule has 0 aliphatic carbocycles. The number of urea groups is 1. The maximum atomic E-state index is 11.9. The van der Waals surface area contributed by atoms with E-state index in [0.29, 0.717) is 17.2 Å². The monoisotopic (exact) mass is 289 g/mol. The van der Waals surface area contributed by atoms with Crippen molar-refractivity contribution in [3.8, 4) is 0 Å². The number of aryl methyl sites for hydroxylation is 1. The van der Waals surface area contributed by atoms with Crippen molar-refractivity contribution in [2.45, 2.75) is 13.3 Å². The highest BCUT2D eigenvalue weighted by molar-refractivity contribution is 7.13. The number of ketones is 1. The van der Waals surface area contributed by atoms with Gasteiger partial charge in [0.25, 0.3) is 0 Å². The third-order valence-electron chi connectivity index (χ3n) is 2.66. The van der Waals surface area contributed by atoms with E-state index in [0.717, 1.165) is 5.56 Å². The van der Waals surface area contributed by atoms with Crippen molar-refractivity contribution in [1.29, 1.82) is 0 Å². The molecule has 6 heteroatoms. The minimum absolute atomic E-state index is 0.0135. The third-order valence-corrected chi connectivity index (χ3v) is 3.35. The molecule has 0 fully saturated rings. The molecule has 0 unspecified atom stereocenters. The van der Waals surface area contributed by atoms with E-state index in [-0.39, 0.29) is 18.2 Å². The van der Waals surface area contributed by atoms with Crippen LogP contribution in [0.15, 0.2) is 35.8 Å². The van der Waals surface area contributed by atoms with Crippen molar-refractivity contribution in [3.05, 3.63) is 47.0 Å². The zero-order valence-electron chi connectivity index (χ0n) is 11.1. The Morgan fingerprint density at radius 3 is 2.65 bits per heavy atom. The molecule has 0 atom stereocenters. The molecule has 0 spiro atoms. The van der Waals surface area contributed by atoms with Crippen molar-refractivity contribution in [2.24, 2.45) is 0 Å². The first kappa shape index (κ1) is 14.2. The fourth-order valence-corrected chi connectivity index (χ4v) is 2.12. The predicted molar refractivity (Wildman–Crippen MR) is 79.3 cm³/mol. The molecule has 2 aromatic rings. The van der Waals surface area contributed by atoms with Crippen LogP contribution >= 0.6 is 11.3 Å². The zero-order valence-corrected chi connectivity index (χ0v) is 11.9. The van der Waals surface area contributed by atoms with Crippen molar-refractivity contribution in [3.63, 3.8) is 0 Å². The Bertz CT molecular complexity index is 579. The van der Waals surface area contributed by atoms with Crippen molar-refractivity contribution < 1.29 is 9.59 Å². The van der Waals surface area contributed by atoms with E-state index >= 15 is 0 Å². The Hall–Kier alpha value is -2.21. The average Bonchev–Trinajstić information content (AvgIpc) is 2.92. The number of Topliss-reactive ketones (excluding diaryl/α,β-unsaturated/α-hetero) is 1. The number of amides is 2. The van der Waals surface area contributed by atoms with Crippen LogP contribution in [0, 0.1) is 6.92 Å². The highest BCUT2D eigenvalue weighted by Crippen LogP contribution is 2.09. The molecular weight excluding hydrogens is 274 g/mol. The molecule has 0 saturated carbocycles. The van der Waals surface area contributed by atoms with E-state index in [1.165, 1.54) is 11.3 Å². The number of nitrogens with one attached hydrogen (secondary N) is 2. The number of rotatable bonds is 5. The van der Waals surface area contributed by atoms with Crippen LogP contribution in [0.2, 0.25) is 0 Å². The average molecular weight is 289 g/mol. The van der Waals surface area contributed by atoms with Crippen LogP contribution in [0.4, 0.5) is 9.93 Å². The SMILES string of the molecule is Cc1ccc(C(=O)CCNC(=O)Nc2nccs2)cc1. The van der Waals surface area contributed by atoms with Gasteiger partial charge in [0.15, 0.2) is 10.9 Å². The number of carbonyl (C=O) groups excluding carboxylic acids is 2. The lowest BCUT2D eigenvalue weighted by atomic mass is 10.1. The van der Waals surface area contributed by atoms with E-state index in [9.17, 15) is 9.59 Å². The summed E-state index contributed by atoms with van der Waals surface area (Å²) in [5.74, 6) is 0.0135. The number of benzene rings is 1. The summed E-state index contributed by atoms with van der Waals surface area (Å²) < 4.78 is 0. The molecule has 1 aromatic carbocycles. The van der Waals surface area contributed by atoms with Gasteiger partial charge in [-0.05, 0) is 6.92 Å².